The van der Waals surface area contributed by atoms with Crippen LogP contribution in [0.5, 0.6) is 0 Å². The highest BCUT2D eigenvalue weighted by Crippen LogP contribution is 2.14. The first-order valence-electron chi connectivity index (χ1n) is 7.68. The minimum absolute atomic E-state index is 0.0364. The third kappa shape index (κ3) is 3.61. The van der Waals surface area contributed by atoms with Crippen LogP contribution >= 0.6 is 11.6 Å². The summed E-state index contributed by atoms with van der Waals surface area (Å²) < 4.78 is 1.45. The fraction of sp³-hybridized carbons (Fsp3) is 0.105. The second kappa shape index (κ2) is 6.91. The molecule has 0 radical (unpaired) electrons. The fourth-order valence-electron chi connectivity index (χ4n) is 2.39. The molecule has 1 N–H and O–H groups in total. The number of hydrogen-bond acceptors (Lipinski definition) is 3. The Kier molecular flexibility index (Phi) is 4.67. The lowest BCUT2D eigenvalue weighted by atomic mass is 10.1. The molecule has 1 amide bonds. The number of halogens is 1. The first-order chi connectivity index (χ1) is 12.0. The Hall–Kier alpha value is -2.92. The Morgan fingerprint density at radius 3 is 2.64 bits per heavy atom. The van der Waals surface area contributed by atoms with Crippen molar-refractivity contribution in [1.82, 2.24) is 9.55 Å². The normalized spacial score (nSPS) is 10.5. The van der Waals surface area contributed by atoms with Crippen LogP contribution in [0.3, 0.4) is 0 Å². The number of hydrogen-bond donors (Lipinski definition) is 1. The lowest BCUT2D eigenvalue weighted by molar-refractivity contribution is 0.102. The molecule has 126 valence electrons. The van der Waals surface area contributed by atoms with E-state index >= 15 is 0 Å². The van der Waals surface area contributed by atoms with Gasteiger partial charge in [0.1, 0.15) is 0 Å². The second-order valence-electron chi connectivity index (χ2n) is 5.68. The van der Waals surface area contributed by atoms with Crippen molar-refractivity contribution in [2.24, 2.45) is 0 Å². The van der Waals surface area contributed by atoms with Crippen LogP contribution < -0.4 is 10.9 Å². The number of aryl methyl sites for hydroxylation is 2. The first-order valence-corrected chi connectivity index (χ1v) is 8.06. The molecule has 0 aliphatic rings. The molecule has 0 aliphatic carbocycles. The second-order valence-corrected chi connectivity index (χ2v) is 6.12. The molecular formula is C19H16ClN3O2. The molecule has 3 aromatic rings. The van der Waals surface area contributed by atoms with Crippen molar-refractivity contribution >= 4 is 23.3 Å². The molecule has 0 spiro atoms. The summed E-state index contributed by atoms with van der Waals surface area (Å²) in [4.78, 5) is 29.0. The van der Waals surface area contributed by atoms with Gasteiger partial charge in [0, 0.05) is 28.7 Å². The van der Waals surface area contributed by atoms with E-state index in [9.17, 15) is 9.59 Å². The van der Waals surface area contributed by atoms with Crippen LogP contribution in [0.15, 0.2) is 59.7 Å². The van der Waals surface area contributed by atoms with Gasteiger partial charge in [0.2, 0.25) is 0 Å². The Morgan fingerprint density at radius 1 is 1.12 bits per heavy atom. The van der Waals surface area contributed by atoms with Gasteiger partial charge in [-0.1, -0.05) is 23.7 Å². The number of nitrogens with one attached hydrogen (secondary N) is 1. The van der Waals surface area contributed by atoms with Crippen LogP contribution in [-0.2, 0) is 0 Å². The molecule has 0 unspecified atom stereocenters. The molecule has 0 aliphatic heterocycles. The van der Waals surface area contributed by atoms with Crippen molar-refractivity contribution in [1.29, 1.82) is 0 Å². The maximum atomic E-state index is 12.7. The molecule has 0 bridgehead atoms. The topological polar surface area (TPSA) is 64.0 Å². The highest BCUT2D eigenvalue weighted by molar-refractivity contribution is 6.31. The summed E-state index contributed by atoms with van der Waals surface area (Å²) in [6.07, 6.45) is 3.05. The van der Waals surface area contributed by atoms with E-state index in [4.69, 9.17) is 11.6 Å². The van der Waals surface area contributed by atoms with Crippen LogP contribution in [0.1, 0.15) is 21.5 Å². The van der Waals surface area contributed by atoms with Gasteiger partial charge in [0.05, 0.1) is 0 Å². The molecule has 25 heavy (non-hydrogen) atoms. The van der Waals surface area contributed by atoms with Crippen LogP contribution in [0.2, 0.25) is 5.02 Å². The van der Waals surface area contributed by atoms with Gasteiger partial charge in [0.15, 0.2) is 5.82 Å². The van der Waals surface area contributed by atoms with E-state index in [0.717, 1.165) is 11.1 Å². The zero-order valence-electron chi connectivity index (χ0n) is 13.8. The van der Waals surface area contributed by atoms with Crippen molar-refractivity contribution in [2.75, 3.05) is 5.32 Å². The zero-order chi connectivity index (χ0) is 18.0. The third-order valence-corrected chi connectivity index (χ3v) is 4.16. The van der Waals surface area contributed by atoms with Gasteiger partial charge in [-0.2, -0.15) is 0 Å². The van der Waals surface area contributed by atoms with E-state index in [1.165, 1.54) is 16.8 Å². The quantitative estimate of drug-likeness (QED) is 0.779. The molecule has 2 aromatic carbocycles. The van der Waals surface area contributed by atoms with Crippen molar-refractivity contribution < 1.29 is 4.79 Å². The number of carbonyl (C=O) groups excluding carboxylic acids is 1. The predicted octanol–water partition coefficient (Wildman–Crippen LogP) is 3.76. The van der Waals surface area contributed by atoms with E-state index < -0.39 is 11.5 Å². The van der Waals surface area contributed by atoms with E-state index in [0.29, 0.717) is 16.3 Å². The van der Waals surface area contributed by atoms with E-state index in [1.54, 1.807) is 24.4 Å². The minimum Gasteiger partial charge on any atom is -0.302 e. The number of nitrogens with zero attached hydrogens (tertiary/aromatic N) is 2. The average Bonchev–Trinajstić information content (AvgIpc) is 2.59. The molecule has 0 atom stereocenters. The van der Waals surface area contributed by atoms with Crippen molar-refractivity contribution in [2.45, 2.75) is 13.8 Å². The molecule has 0 saturated heterocycles. The third-order valence-electron chi connectivity index (χ3n) is 3.93. The molecule has 3 rings (SSSR count). The first kappa shape index (κ1) is 16.9. The summed E-state index contributed by atoms with van der Waals surface area (Å²) in [5.74, 6) is -0.476. The molecule has 0 fully saturated rings. The summed E-state index contributed by atoms with van der Waals surface area (Å²) in [7, 11) is 0. The van der Waals surface area contributed by atoms with Crippen molar-refractivity contribution in [3.05, 3.63) is 86.9 Å². The summed E-state index contributed by atoms with van der Waals surface area (Å²) >= 11 is 5.89. The summed E-state index contributed by atoms with van der Waals surface area (Å²) in [5.41, 5.74) is 2.89. The highest BCUT2D eigenvalue weighted by atomic mass is 35.5. The number of carbonyl (C=O) groups is 1. The number of anilines is 1. The predicted molar refractivity (Wildman–Crippen MR) is 98.7 cm³/mol. The number of rotatable bonds is 3. The molecule has 6 heteroatoms. The summed E-state index contributed by atoms with van der Waals surface area (Å²) in [5, 5.41) is 2.99. The van der Waals surface area contributed by atoms with Crippen molar-refractivity contribution in [3.63, 3.8) is 0 Å². The van der Waals surface area contributed by atoms with Crippen molar-refractivity contribution in [3.8, 4) is 5.69 Å². The zero-order valence-corrected chi connectivity index (χ0v) is 14.5. The molecule has 0 saturated carbocycles. The van der Waals surface area contributed by atoms with Gasteiger partial charge in [-0.05, 0) is 55.3 Å². The average molecular weight is 354 g/mol. The Bertz CT molecular complexity index is 1010. The summed E-state index contributed by atoms with van der Waals surface area (Å²) in [6, 6.07) is 12.2. The fourth-order valence-corrected chi connectivity index (χ4v) is 2.58. The van der Waals surface area contributed by atoms with Gasteiger partial charge in [-0.3, -0.25) is 14.2 Å². The molecule has 5 nitrogen and oxygen atoms in total. The lowest BCUT2D eigenvalue weighted by Gasteiger charge is -2.10. The largest absolute Gasteiger partial charge is 0.302 e. The SMILES string of the molecule is Cc1ccc(-n2ccnc(NC(=O)c3cccc(Cl)c3)c2=O)cc1C. The maximum absolute atomic E-state index is 12.7. The Balaban J connectivity index is 1.95. The summed E-state index contributed by atoms with van der Waals surface area (Å²) in [6.45, 7) is 3.98. The monoisotopic (exact) mass is 353 g/mol. The van der Waals surface area contributed by atoms with E-state index in [1.807, 2.05) is 32.0 Å². The van der Waals surface area contributed by atoms with Crippen LogP contribution in [-0.4, -0.2) is 15.5 Å². The van der Waals surface area contributed by atoms with Gasteiger partial charge in [-0.15, -0.1) is 0 Å². The number of benzene rings is 2. The maximum Gasteiger partial charge on any atom is 0.298 e. The Labute approximate surface area is 149 Å². The molecule has 1 heterocycles. The highest BCUT2D eigenvalue weighted by Gasteiger charge is 2.12. The number of aromatic nitrogens is 2. The smallest absolute Gasteiger partial charge is 0.298 e. The molecule has 1 aromatic heterocycles. The van der Waals surface area contributed by atoms with Crippen LogP contribution in [0.4, 0.5) is 5.82 Å². The van der Waals surface area contributed by atoms with Gasteiger partial charge >= 0.3 is 0 Å². The van der Waals surface area contributed by atoms with Crippen LogP contribution in [0.25, 0.3) is 5.69 Å². The van der Waals surface area contributed by atoms with E-state index in [-0.39, 0.29) is 5.82 Å². The minimum atomic E-state index is -0.440. The lowest BCUT2D eigenvalue weighted by Crippen LogP contribution is -2.26. The van der Waals surface area contributed by atoms with Gasteiger partial charge in [-0.25, -0.2) is 4.98 Å². The van der Waals surface area contributed by atoms with Crippen LogP contribution in [0, 0.1) is 13.8 Å². The molecular weight excluding hydrogens is 338 g/mol. The Morgan fingerprint density at radius 2 is 1.92 bits per heavy atom. The number of amides is 1. The van der Waals surface area contributed by atoms with E-state index in [2.05, 4.69) is 10.3 Å². The van der Waals surface area contributed by atoms with Gasteiger partial charge < -0.3 is 5.32 Å². The van der Waals surface area contributed by atoms with Gasteiger partial charge in [0.25, 0.3) is 11.5 Å². The standard InChI is InChI=1S/C19H16ClN3O2/c1-12-6-7-16(10-13(12)2)23-9-8-21-17(19(23)25)22-18(24)14-4-3-5-15(20)11-14/h3-11H,1-2H3,(H,21,22,24).